The monoisotopic (exact) mass is 502 g/mol. The van der Waals surface area contributed by atoms with E-state index in [2.05, 4.69) is 19.1 Å². The second-order valence-corrected chi connectivity index (χ2v) is 9.67. The topological polar surface area (TPSA) is 9.23 Å². The van der Waals surface area contributed by atoms with Gasteiger partial charge < -0.3 is 4.74 Å². The number of unbranched alkanes of at least 4 members (excludes halogenated alkanes) is 1. The van der Waals surface area contributed by atoms with Gasteiger partial charge in [0.15, 0.2) is 17.4 Å². The number of hydrogen-bond acceptors (Lipinski definition) is 1. The van der Waals surface area contributed by atoms with Crippen molar-refractivity contribution in [2.24, 2.45) is 5.92 Å². The molecule has 0 heterocycles. The Hall–Kier alpha value is -3.53. The predicted octanol–water partition coefficient (Wildman–Crippen LogP) is 9.87. The Labute approximate surface area is 217 Å². The van der Waals surface area contributed by atoms with Crippen molar-refractivity contribution in [3.05, 3.63) is 102 Å². The van der Waals surface area contributed by atoms with E-state index in [0.29, 0.717) is 22.3 Å². The summed E-state index contributed by atoms with van der Waals surface area (Å²) in [6, 6.07) is 23.1. The van der Waals surface area contributed by atoms with Gasteiger partial charge in [-0.25, -0.2) is 13.2 Å². The number of halogens is 3. The van der Waals surface area contributed by atoms with E-state index < -0.39 is 11.6 Å². The van der Waals surface area contributed by atoms with Gasteiger partial charge in [0.2, 0.25) is 0 Å². The summed E-state index contributed by atoms with van der Waals surface area (Å²) in [6.07, 6.45) is 4.23. The van der Waals surface area contributed by atoms with E-state index in [9.17, 15) is 8.78 Å². The van der Waals surface area contributed by atoms with E-state index in [1.165, 1.54) is 17.7 Å². The first-order valence-corrected chi connectivity index (χ1v) is 13.0. The highest BCUT2D eigenvalue weighted by Crippen LogP contribution is 2.33. The van der Waals surface area contributed by atoms with E-state index >= 15 is 4.39 Å². The lowest BCUT2D eigenvalue weighted by atomic mass is 9.96. The summed E-state index contributed by atoms with van der Waals surface area (Å²) >= 11 is 0. The molecule has 4 heteroatoms. The average molecular weight is 503 g/mol. The van der Waals surface area contributed by atoms with Crippen molar-refractivity contribution in [2.45, 2.75) is 46.5 Å². The van der Waals surface area contributed by atoms with E-state index in [4.69, 9.17) is 4.74 Å². The smallest absolute Gasteiger partial charge is 0.190 e. The molecule has 0 aliphatic rings. The molecule has 4 aromatic rings. The van der Waals surface area contributed by atoms with Crippen molar-refractivity contribution < 1.29 is 17.9 Å². The molecule has 0 aliphatic carbocycles. The molecule has 0 bridgehead atoms. The van der Waals surface area contributed by atoms with Gasteiger partial charge in [-0.1, -0.05) is 94.3 Å². The van der Waals surface area contributed by atoms with E-state index in [0.717, 1.165) is 36.8 Å². The largest absolute Gasteiger partial charge is 0.487 e. The highest BCUT2D eigenvalue weighted by molar-refractivity contribution is 5.74. The fourth-order valence-electron chi connectivity index (χ4n) is 4.22. The lowest BCUT2D eigenvalue weighted by molar-refractivity contribution is 0.235. The van der Waals surface area contributed by atoms with E-state index in [1.54, 1.807) is 36.4 Å². The van der Waals surface area contributed by atoms with Gasteiger partial charge in [-0.05, 0) is 70.3 Å². The molecule has 0 N–H and O–H groups in total. The Kier molecular flexibility index (Phi) is 8.70. The summed E-state index contributed by atoms with van der Waals surface area (Å²) in [7, 11) is 0. The molecule has 0 fully saturated rings. The average Bonchev–Trinajstić information content (AvgIpc) is 2.91. The quantitative estimate of drug-likeness (QED) is 0.210. The molecule has 0 radical (unpaired) electrons. The Balaban J connectivity index is 1.51. The molecule has 1 unspecified atom stereocenters. The molecular formula is C33H33F3O. The van der Waals surface area contributed by atoms with Crippen LogP contribution in [0, 0.1) is 23.4 Å². The summed E-state index contributed by atoms with van der Waals surface area (Å²) < 4.78 is 49.6. The fourth-order valence-corrected chi connectivity index (χ4v) is 4.22. The van der Waals surface area contributed by atoms with Crippen LogP contribution in [0.3, 0.4) is 0 Å². The minimum absolute atomic E-state index is 0.205. The van der Waals surface area contributed by atoms with Crippen molar-refractivity contribution in [1.29, 1.82) is 0 Å². The predicted molar refractivity (Wildman–Crippen MR) is 146 cm³/mol. The van der Waals surface area contributed by atoms with Gasteiger partial charge in [0.05, 0.1) is 6.61 Å². The molecule has 0 saturated heterocycles. The number of aryl methyl sites for hydroxylation is 1. The molecule has 4 aromatic carbocycles. The van der Waals surface area contributed by atoms with Crippen molar-refractivity contribution >= 4 is 0 Å². The summed E-state index contributed by atoms with van der Waals surface area (Å²) in [5.41, 5.74) is 5.28. The third kappa shape index (κ3) is 6.43. The number of rotatable bonds is 10. The van der Waals surface area contributed by atoms with Gasteiger partial charge >= 0.3 is 0 Å². The molecule has 1 atom stereocenters. The van der Waals surface area contributed by atoms with E-state index in [-0.39, 0.29) is 24.1 Å². The molecule has 1 nitrogen and oxygen atoms in total. The van der Waals surface area contributed by atoms with Crippen LogP contribution in [0.5, 0.6) is 5.75 Å². The number of benzene rings is 4. The molecule has 0 saturated carbocycles. The maximum atomic E-state index is 15.1. The van der Waals surface area contributed by atoms with Gasteiger partial charge in [0, 0.05) is 5.56 Å². The highest BCUT2D eigenvalue weighted by Gasteiger charge is 2.15. The number of hydrogen-bond donors (Lipinski definition) is 0. The van der Waals surface area contributed by atoms with Crippen LogP contribution in [0.1, 0.15) is 45.6 Å². The second kappa shape index (κ2) is 12.1. The fraction of sp³-hybridized carbons (Fsp3) is 0.273. The van der Waals surface area contributed by atoms with E-state index in [1.807, 2.05) is 32.0 Å². The lowest BCUT2D eigenvalue weighted by Gasteiger charge is -2.13. The van der Waals surface area contributed by atoms with Gasteiger partial charge in [-0.3, -0.25) is 0 Å². The van der Waals surface area contributed by atoms with Crippen LogP contribution in [0.15, 0.2) is 78.9 Å². The summed E-state index contributed by atoms with van der Waals surface area (Å²) in [5.74, 6) is -1.93. The van der Waals surface area contributed by atoms with Crippen LogP contribution in [0.25, 0.3) is 33.4 Å². The van der Waals surface area contributed by atoms with Crippen molar-refractivity contribution in [3.63, 3.8) is 0 Å². The zero-order valence-electron chi connectivity index (χ0n) is 21.7. The van der Waals surface area contributed by atoms with Gasteiger partial charge in [0.25, 0.3) is 0 Å². The first kappa shape index (κ1) is 26.5. The normalized spacial score (nSPS) is 11.9. The molecule has 37 heavy (non-hydrogen) atoms. The maximum Gasteiger partial charge on any atom is 0.190 e. The van der Waals surface area contributed by atoms with Crippen LogP contribution >= 0.6 is 0 Å². The zero-order valence-corrected chi connectivity index (χ0v) is 21.7. The van der Waals surface area contributed by atoms with Crippen LogP contribution in [0.2, 0.25) is 0 Å². The molecule has 0 aromatic heterocycles. The Bertz CT molecular complexity index is 1300. The standard InChI is InChI=1S/C33H33F3O/c1-4-6-7-23-8-10-24(11-9-23)27-16-17-29(30(34)18-27)26-14-12-25(13-15-26)28-19-31(35)33(32(36)20-28)37-21-22(3)5-2/h8-20,22H,4-7,21H2,1-3H3. The Morgan fingerprint density at radius 1 is 0.649 bits per heavy atom. The molecular weight excluding hydrogens is 469 g/mol. The second-order valence-electron chi connectivity index (χ2n) is 9.67. The summed E-state index contributed by atoms with van der Waals surface area (Å²) in [4.78, 5) is 0. The van der Waals surface area contributed by atoms with Crippen molar-refractivity contribution in [2.75, 3.05) is 6.61 Å². The molecule has 0 amide bonds. The summed E-state index contributed by atoms with van der Waals surface area (Å²) in [6.45, 7) is 6.40. The third-order valence-electron chi connectivity index (χ3n) is 6.81. The molecule has 4 rings (SSSR count). The minimum Gasteiger partial charge on any atom is -0.487 e. The first-order chi connectivity index (χ1) is 17.9. The maximum absolute atomic E-state index is 15.1. The van der Waals surface area contributed by atoms with Gasteiger partial charge in [0.1, 0.15) is 5.82 Å². The molecule has 192 valence electrons. The summed E-state index contributed by atoms with van der Waals surface area (Å²) in [5, 5.41) is 0. The van der Waals surface area contributed by atoms with Crippen LogP contribution in [-0.2, 0) is 6.42 Å². The van der Waals surface area contributed by atoms with Crippen LogP contribution in [-0.4, -0.2) is 6.61 Å². The Morgan fingerprint density at radius 2 is 1.19 bits per heavy atom. The minimum atomic E-state index is -0.734. The Morgan fingerprint density at radius 3 is 1.78 bits per heavy atom. The number of ether oxygens (including phenoxy) is 1. The lowest BCUT2D eigenvalue weighted by Crippen LogP contribution is -2.09. The molecule has 0 aliphatic heterocycles. The first-order valence-electron chi connectivity index (χ1n) is 13.0. The zero-order chi connectivity index (χ0) is 26.4. The molecule has 0 spiro atoms. The van der Waals surface area contributed by atoms with Crippen molar-refractivity contribution in [3.8, 4) is 39.1 Å². The third-order valence-corrected chi connectivity index (χ3v) is 6.81. The van der Waals surface area contributed by atoms with Gasteiger partial charge in [-0.2, -0.15) is 0 Å². The highest BCUT2D eigenvalue weighted by atomic mass is 19.1. The van der Waals surface area contributed by atoms with Gasteiger partial charge in [-0.15, -0.1) is 0 Å². The SMILES string of the molecule is CCCCc1ccc(-c2ccc(-c3ccc(-c4cc(F)c(OCC(C)CC)c(F)c4)cc3)c(F)c2)cc1. The van der Waals surface area contributed by atoms with Crippen LogP contribution in [0.4, 0.5) is 13.2 Å². The van der Waals surface area contributed by atoms with Crippen molar-refractivity contribution in [1.82, 2.24) is 0 Å². The van der Waals surface area contributed by atoms with Crippen LogP contribution < -0.4 is 4.74 Å².